The number of rotatable bonds is 3. The van der Waals surface area contributed by atoms with E-state index in [2.05, 4.69) is 0 Å². The molecule has 2 rings (SSSR count). The van der Waals surface area contributed by atoms with Crippen molar-refractivity contribution in [3.8, 4) is 0 Å². The molecule has 1 aromatic carbocycles. The Bertz CT molecular complexity index is 528. The van der Waals surface area contributed by atoms with Crippen molar-refractivity contribution in [1.29, 1.82) is 0 Å². The molecular formula is C15H21ClF2N2OS. The predicted octanol–water partition coefficient (Wildman–Crippen LogP) is 3.62. The van der Waals surface area contributed by atoms with Crippen molar-refractivity contribution in [2.24, 2.45) is 11.1 Å². The van der Waals surface area contributed by atoms with Crippen LogP contribution in [0, 0.1) is 5.41 Å². The average Bonchev–Trinajstić information content (AvgIpc) is 2.41. The first kappa shape index (κ1) is 19.2. The number of carbonyl (C=O) groups excluding carboxylic acids is 1. The van der Waals surface area contributed by atoms with Gasteiger partial charge in [0.25, 0.3) is 11.7 Å². The summed E-state index contributed by atoms with van der Waals surface area (Å²) in [5, 5.41) is 0. The van der Waals surface area contributed by atoms with Crippen LogP contribution in [0.15, 0.2) is 29.2 Å². The fraction of sp³-hybridized carbons (Fsp3) is 0.533. The second kappa shape index (κ2) is 7.62. The number of thioether (sulfide) groups is 1. The van der Waals surface area contributed by atoms with E-state index in [9.17, 15) is 13.6 Å². The summed E-state index contributed by atoms with van der Waals surface area (Å²) >= 11 is 0.412. The standard InChI is InChI=1S/C15H20F2N2OS.ClH/c1-15(2)9-19(8-7-12(15)18)13(20)10-5-3-4-6-11(10)21-14(16)17;/h3-6,12,14H,7-9,18H2,1-2H3;1H. The van der Waals surface area contributed by atoms with Crippen LogP contribution in [0.1, 0.15) is 30.6 Å². The maximum Gasteiger partial charge on any atom is 0.288 e. The monoisotopic (exact) mass is 350 g/mol. The van der Waals surface area contributed by atoms with Crippen LogP contribution in [0.4, 0.5) is 8.78 Å². The Kier molecular flexibility index (Phi) is 6.65. The van der Waals surface area contributed by atoms with Crippen molar-refractivity contribution in [1.82, 2.24) is 4.90 Å². The molecule has 1 fully saturated rings. The van der Waals surface area contributed by atoms with Gasteiger partial charge in [-0.25, -0.2) is 0 Å². The lowest BCUT2D eigenvalue weighted by Gasteiger charge is -2.42. The quantitative estimate of drug-likeness (QED) is 0.847. The molecule has 1 aliphatic heterocycles. The number of halogens is 3. The number of amides is 1. The van der Waals surface area contributed by atoms with Gasteiger partial charge in [0.1, 0.15) is 0 Å². The van der Waals surface area contributed by atoms with Gasteiger partial charge in [-0.1, -0.05) is 37.7 Å². The van der Waals surface area contributed by atoms with Crippen LogP contribution in [0.2, 0.25) is 0 Å². The molecule has 0 aromatic heterocycles. The van der Waals surface area contributed by atoms with Crippen LogP contribution in [-0.4, -0.2) is 35.7 Å². The first-order valence-corrected chi connectivity index (χ1v) is 7.78. The molecule has 1 unspecified atom stereocenters. The predicted molar refractivity (Wildman–Crippen MR) is 87.8 cm³/mol. The van der Waals surface area contributed by atoms with Crippen molar-refractivity contribution >= 4 is 30.1 Å². The van der Waals surface area contributed by atoms with E-state index in [0.717, 1.165) is 6.42 Å². The lowest BCUT2D eigenvalue weighted by molar-refractivity contribution is 0.0529. The highest BCUT2D eigenvalue weighted by atomic mass is 35.5. The van der Waals surface area contributed by atoms with Crippen molar-refractivity contribution in [3.63, 3.8) is 0 Å². The van der Waals surface area contributed by atoms with Gasteiger partial charge in [-0.05, 0) is 24.0 Å². The summed E-state index contributed by atoms with van der Waals surface area (Å²) < 4.78 is 25.2. The van der Waals surface area contributed by atoms with Crippen molar-refractivity contribution in [3.05, 3.63) is 29.8 Å². The molecule has 22 heavy (non-hydrogen) atoms. The molecule has 3 nitrogen and oxygen atoms in total. The van der Waals surface area contributed by atoms with Crippen LogP contribution in [0.3, 0.4) is 0 Å². The number of carbonyl (C=O) groups is 1. The van der Waals surface area contributed by atoms with Gasteiger partial charge in [-0.3, -0.25) is 4.79 Å². The molecule has 2 N–H and O–H groups in total. The molecule has 124 valence electrons. The molecule has 0 bridgehead atoms. The minimum atomic E-state index is -2.54. The van der Waals surface area contributed by atoms with Gasteiger partial charge in [-0.2, -0.15) is 8.78 Å². The van der Waals surface area contributed by atoms with Crippen LogP contribution in [0.5, 0.6) is 0 Å². The smallest absolute Gasteiger partial charge is 0.288 e. The highest BCUT2D eigenvalue weighted by Crippen LogP contribution is 2.32. The Morgan fingerprint density at radius 3 is 2.64 bits per heavy atom. The molecule has 1 heterocycles. The molecule has 0 saturated carbocycles. The van der Waals surface area contributed by atoms with Crippen molar-refractivity contribution in [2.75, 3.05) is 13.1 Å². The molecule has 1 aromatic rings. The highest BCUT2D eigenvalue weighted by Gasteiger charge is 2.36. The van der Waals surface area contributed by atoms with E-state index in [0.29, 0.717) is 35.3 Å². The SMILES string of the molecule is CC1(C)CN(C(=O)c2ccccc2SC(F)F)CCC1N.Cl. The second-order valence-electron chi connectivity index (χ2n) is 5.99. The van der Waals surface area contributed by atoms with Crippen LogP contribution < -0.4 is 5.73 Å². The number of piperidine rings is 1. The zero-order chi connectivity index (χ0) is 15.6. The summed E-state index contributed by atoms with van der Waals surface area (Å²) in [5.74, 6) is -2.73. The molecule has 0 spiro atoms. The number of nitrogens with zero attached hydrogens (tertiary/aromatic N) is 1. The minimum Gasteiger partial charge on any atom is -0.338 e. The summed E-state index contributed by atoms with van der Waals surface area (Å²) in [6, 6.07) is 6.58. The van der Waals surface area contributed by atoms with Crippen LogP contribution in [0.25, 0.3) is 0 Å². The van der Waals surface area contributed by atoms with Gasteiger partial charge in [0, 0.05) is 24.0 Å². The number of likely N-dealkylation sites (tertiary alicyclic amines) is 1. The fourth-order valence-electron chi connectivity index (χ4n) is 2.56. The van der Waals surface area contributed by atoms with Gasteiger partial charge in [-0.15, -0.1) is 12.4 Å². The van der Waals surface area contributed by atoms with E-state index in [1.54, 1.807) is 29.2 Å². The van der Waals surface area contributed by atoms with Gasteiger partial charge in [0.2, 0.25) is 0 Å². The van der Waals surface area contributed by atoms with Gasteiger partial charge < -0.3 is 10.6 Å². The molecule has 0 radical (unpaired) electrons. The maximum atomic E-state index is 12.6. The first-order valence-electron chi connectivity index (χ1n) is 6.90. The summed E-state index contributed by atoms with van der Waals surface area (Å²) in [5.41, 5.74) is 6.24. The zero-order valence-corrected chi connectivity index (χ0v) is 14.2. The topological polar surface area (TPSA) is 46.3 Å². The Morgan fingerprint density at radius 1 is 1.41 bits per heavy atom. The van der Waals surface area contributed by atoms with Crippen molar-refractivity contribution in [2.45, 2.75) is 37.0 Å². The lowest BCUT2D eigenvalue weighted by Crippen LogP contribution is -2.54. The summed E-state index contributed by atoms with van der Waals surface area (Å²) in [7, 11) is 0. The van der Waals surface area contributed by atoms with Crippen molar-refractivity contribution < 1.29 is 13.6 Å². The van der Waals surface area contributed by atoms with E-state index in [1.807, 2.05) is 13.8 Å². The first-order chi connectivity index (χ1) is 9.81. The number of benzene rings is 1. The lowest BCUT2D eigenvalue weighted by atomic mass is 9.79. The third-order valence-corrected chi connectivity index (χ3v) is 4.72. The van der Waals surface area contributed by atoms with E-state index < -0.39 is 5.76 Å². The van der Waals surface area contributed by atoms with E-state index in [4.69, 9.17) is 5.73 Å². The number of hydrogen-bond donors (Lipinski definition) is 1. The number of alkyl halides is 2. The normalized spacial score (nSPS) is 20.6. The fourth-order valence-corrected chi connectivity index (χ4v) is 3.19. The van der Waals surface area contributed by atoms with Crippen LogP contribution in [-0.2, 0) is 0 Å². The Morgan fingerprint density at radius 2 is 2.05 bits per heavy atom. The molecule has 1 atom stereocenters. The second-order valence-corrected chi connectivity index (χ2v) is 7.02. The third kappa shape index (κ3) is 4.33. The summed E-state index contributed by atoms with van der Waals surface area (Å²) in [6.45, 7) is 5.16. The third-order valence-electron chi connectivity index (χ3n) is 3.93. The molecule has 7 heteroatoms. The van der Waals surface area contributed by atoms with E-state index >= 15 is 0 Å². The van der Waals surface area contributed by atoms with E-state index in [-0.39, 0.29) is 29.8 Å². The molecule has 1 aliphatic rings. The van der Waals surface area contributed by atoms with E-state index in [1.165, 1.54) is 0 Å². The molecule has 1 saturated heterocycles. The number of nitrogens with two attached hydrogens (primary N) is 1. The molecular weight excluding hydrogens is 330 g/mol. The maximum absolute atomic E-state index is 12.6. The summed E-state index contributed by atoms with van der Waals surface area (Å²) in [4.78, 5) is 14.7. The number of hydrogen-bond acceptors (Lipinski definition) is 3. The Hall–Kier alpha value is -0.850. The zero-order valence-electron chi connectivity index (χ0n) is 12.6. The summed E-state index contributed by atoms with van der Waals surface area (Å²) in [6.07, 6.45) is 0.725. The highest BCUT2D eigenvalue weighted by molar-refractivity contribution is 7.99. The van der Waals surface area contributed by atoms with Gasteiger partial charge in [0.15, 0.2) is 0 Å². The van der Waals surface area contributed by atoms with Gasteiger partial charge in [0.05, 0.1) is 5.56 Å². The molecule has 0 aliphatic carbocycles. The van der Waals surface area contributed by atoms with Crippen LogP contribution >= 0.6 is 24.2 Å². The minimum absolute atomic E-state index is 0. The molecule has 1 amide bonds. The Labute approximate surface area is 140 Å². The largest absolute Gasteiger partial charge is 0.338 e. The Balaban J connectivity index is 0.00000242. The average molecular weight is 351 g/mol. The van der Waals surface area contributed by atoms with Gasteiger partial charge >= 0.3 is 0 Å².